The topological polar surface area (TPSA) is 29.3 Å². The normalized spacial score (nSPS) is 17.1. The van der Waals surface area contributed by atoms with E-state index in [4.69, 9.17) is 9.40 Å². The average molecular weight is 565 g/mol. The van der Waals surface area contributed by atoms with Crippen molar-refractivity contribution >= 4 is 38.9 Å². The third kappa shape index (κ3) is 4.01. The monoisotopic (exact) mass is 564 g/mol. The van der Waals surface area contributed by atoms with Gasteiger partial charge in [0.15, 0.2) is 0 Å². The first-order valence-corrected chi connectivity index (χ1v) is 15.1. The molecule has 1 aliphatic heterocycles. The van der Waals surface area contributed by atoms with Crippen LogP contribution in [0.1, 0.15) is 17.0 Å². The summed E-state index contributed by atoms with van der Waals surface area (Å²) in [4.78, 5) is 7.18. The standard InChI is InChI=1S/C41H28N2O/c1-2-8-27(9-3-1)31-22-23-42-37(26-31)28-14-18-32(19-15-28)43-38-12-6-4-10-33(38)35-24-29(16-20-39(35)43)30-17-21-41-36(25-30)34-11-5-7-13-40(34)44-41/h1-26,35,39H. The molecule has 2 aliphatic rings. The summed E-state index contributed by atoms with van der Waals surface area (Å²) in [7, 11) is 0. The molecule has 0 saturated carbocycles. The molecule has 2 aromatic heterocycles. The van der Waals surface area contributed by atoms with Gasteiger partial charge in [0.2, 0.25) is 0 Å². The van der Waals surface area contributed by atoms with Crippen LogP contribution in [0.5, 0.6) is 0 Å². The van der Waals surface area contributed by atoms with Gasteiger partial charge in [-0.15, -0.1) is 0 Å². The number of nitrogens with zero attached hydrogens (tertiary/aromatic N) is 2. The van der Waals surface area contributed by atoms with Crippen LogP contribution in [0.2, 0.25) is 0 Å². The molecule has 0 spiro atoms. The first-order valence-electron chi connectivity index (χ1n) is 15.1. The maximum atomic E-state index is 6.09. The Morgan fingerprint density at radius 3 is 2.27 bits per heavy atom. The Morgan fingerprint density at radius 1 is 0.591 bits per heavy atom. The predicted octanol–water partition coefficient (Wildman–Crippen LogP) is 10.6. The second-order valence-electron chi connectivity index (χ2n) is 11.6. The highest BCUT2D eigenvalue weighted by Crippen LogP contribution is 2.49. The van der Waals surface area contributed by atoms with Crippen molar-refractivity contribution in [2.24, 2.45) is 0 Å². The molecule has 0 N–H and O–H groups in total. The van der Waals surface area contributed by atoms with Crippen molar-refractivity contribution in [1.29, 1.82) is 0 Å². The summed E-state index contributed by atoms with van der Waals surface area (Å²) in [5, 5.41) is 2.32. The van der Waals surface area contributed by atoms with E-state index < -0.39 is 0 Å². The van der Waals surface area contributed by atoms with E-state index >= 15 is 0 Å². The molecule has 2 atom stereocenters. The van der Waals surface area contributed by atoms with E-state index in [1.807, 2.05) is 24.4 Å². The highest BCUT2D eigenvalue weighted by Gasteiger charge is 2.38. The quantitative estimate of drug-likeness (QED) is 0.213. The Kier molecular flexibility index (Phi) is 5.63. The fourth-order valence-electron chi connectivity index (χ4n) is 6.94. The summed E-state index contributed by atoms with van der Waals surface area (Å²) in [5.74, 6) is 0.256. The molecular weight excluding hydrogens is 536 g/mol. The van der Waals surface area contributed by atoms with Crippen LogP contribution < -0.4 is 4.90 Å². The largest absolute Gasteiger partial charge is 0.456 e. The lowest BCUT2D eigenvalue weighted by atomic mass is 9.86. The second kappa shape index (κ2) is 9.96. The summed E-state index contributed by atoms with van der Waals surface area (Å²) >= 11 is 0. The lowest BCUT2D eigenvalue weighted by molar-refractivity contribution is 0.669. The van der Waals surface area contributed by atoms with Gasteiger partial charge in [0, 0.05) is 39.8 Å². The molecule has 9 rings (SSSR count). The van der Waals surface area contributed by atoms with Crippen LogP contribution in [0.15, 0.2) is 162 Å². The second-order valence-corrected chi connectivity index (χ2v) is 11.6. The molecule has 3 heteroatoms. The van der Waals surface area contributed by atoms with Gasteiger partial charge < -0.3 is 9.32 Å². The molecule has 5 aromatic carbocycles. The van der Waals surface area contributed by atoms with Gasteiger partial charge in [0.1, 0.15) is 11.2 Å². The van der Waals surface area contributed by atoms with Gasteiger partial charge in [0.25, 0.3) is 0 Å². The van der Waals surface area contributed by atoms with E-state index in [9.17, 15) is 0 Å². The van der Waals surface area contributed by atoms with Gasteiger partial charge in [0.05, 0.1) is 11.7 Å². The molecule has 1 aliphatic carbocycles. The van der Waals surface area contributed by atoms with Crippen LogP contribution in [0, 0.1) is 0 Å². The smallest absolute Gasteiger partial charge is 0.135 e. The SMILES string of the molecule is C1=CC2C(C=C1c1ccc3oc4ccccc4c3c1)c1ccccc1N2c1ccc(-c2cc(-c3ccccc3)ccn2)cc1. The average Bonchev–Trinajstić information content (AvgIpc) is 3.64. The number of furan rings is 1. The Bertz CT molecular complexity index is 2240. The molecule has 3 nitrogen and oxygen atoms in total. The fraction of sp³-hybridized carbons (Fsp3) is 0.0488. The number of para-hydroxylation sites is 2. The molecule has 0 bridgehead atoms. The maximum Gasteiger partial charge on any atom is 0.135 e. The summed E-state index contributed by atoms with van der Waals surface area (Å²) < 4.78 is 6.09. The van der Waals surface area contributed by atoms with E-state index in [1.54, 1.807) is 0 Å². The third-order valence-corrected chi connectivity index (χ3v) is 9.07. The van der Waals surface area contributed by atoms with Crippen LogP contribution in [0.3, 0.4) is 0 Å². The predicted molar refractivity (Wildman–Crippen MR) is 181 cm³/mol. The zero-order chi connectivity index (χ0) is 29.0. The number of anilines is 2. The number of benzene rings is 5. The van der Waals surface area contributed by atoms with Gasteiger partial charge in [-0.1, -0.05) is 103 Å². The molecule has 44 heavy (non-hydrogen) atoms. The zero-order valence-electron chi connectivity index (χ0n) is 24.0. The third-order valence-electron chi connectivity index (χ3n) is 9.07. The van der Waals surface area contributed by atoms with Crippen molar-refractivity contribution in [2.75, 3.05) is 4.90 Å². The summed E-state index contributed by atoms with van der Waals surface area (Å²) in [6, 6.07) is 47.4. The molecule has 3 heterocycles. The number of fused-ring (bicyclic) bond motifs is 6. The number of allylic oxidation sites excluding steroid dienone is 2. The molecule has 0 radical (unpaired) electrons. The number of pyridine rings is 1. The van der Waals surface area contributed by atoms with Crippen LogP contribution in [-0.2, 0) is 0 Å². The van der Waals surface area contributed by atoms with E-state index in [0.717, 1.165) is 33.2 Å². The molecule has 0 amide bonds. The van der Waals surface area contributed by atoms with Crippen LogP contribution in [0.25, 0.3) is 49.9 Å². The van der Waals surface area contributed by atoms with Crippen molar-refractivity contribution in [3.63, 3.8) is 0 Å². The van der Waals surface area contributed by atoms with Crippen molar-refractivity contribution in [3.8, 4) is 22.4 Å². The first kappa shape index (κ1) is 24.9. The highest BCUT2D eigenvalue weighted by molar-refractivity contribution is 6.06. The highest BCUT2D eigenvalue weighted by atomic mass is 16.3. The Balaban J connectivity index is 1.05. The van der Waals surface area contributed by atoms with Gasteiger partial charge in [-0.05, 0) is 76.4 Å². The number of aromatic nitrogens is 1. The van der Waals surface area contributed by atoms with E-state index in [1.165, 1.54) is 39.2 Å². The van der Waals surface area contributed by atoms with Crippen molar-refractivity contribution in [2.45, 2.75) is 12.0 Å². The zero-order valence-corrected chi connectivity index (χ0v) is 24.0. The first-order chi connectivity index (χ1) is 21.8. The lowest BCUT2D eigenvalue weighted by Gasteiger charge is -2.30. The number of hydrogen-bond acceptors (Lipinski definition) is 3. The molecule has 208 valence electrons. The van der Waals surface area contributed by atoms with Crippen LogP contribution in [-0.4, -0.2) is 11.0 Å². The van der Waals surface area contributed by atoms with Crippen LogP contribution in [0.4, 0.5) is 11.4 Å². The molecular formula is C41H28N2O. The van der Waals surface area contributed by atoms with E-state index in [-0.39, 0.29) is 12.0 Å². The van der Waals surface area contributed by atoms with Crippen molar-refractivity contribution in [3.05, 3.63) is 169 Å². The fourth-order valence-corrected chi connectivity index (χ4v) is 6.94. The van der Waals surface area contributed by atoms with Crippen molar-refractivity contribution < 1.29 is 4.42 Å². The van der Waals surface area contributed by atoms with Gasteiger partial charge >= 0.3 is 0 Å². The summed E-state index contributed by atoms with van der Waals surface area (Å²) in [5.41, 5.74) is 12.6. The van der Waals surface area contributed by atoms with Crippen molar-refractivity contribution in [1.82, 2.24) is 4.98 Å². The maximum absolute atomic E-state index is 6.09. The molecule has 0 saturated heterocycles. The minimum absolute atomic E-state index is 0.208. The Hall–Kier alpha value is -5.67. The molecule has 0 fully saturated rings. The molecule has 7 aromatic rings. The number of hydrogen-bond donors (Lipinski definition) is 0. The van der Waals surface area contributed by atoms with Gasteiger partial charge in [-0.25, -0.2) is 0 Å². The molecule has 2 unspecified atom stereocenters. The Labute approximate surface area is 256 Å². The van der Waals surface area contributed by atoms with E-state index in [2.05, 4.69) is 138 Å². The minimum Gasteiger partial charge on any atom is -0.456 e. The number of rotatable bonds is 4. The van der Waals surface area contributed by atoms with E-state index in [0.29, 0.717) is 0 Å². The van der Waals surface area contributed by atoms with Crippen LogP contribution >= 0.6 is 0 Å². The van der Waals surface area contributed by atoms with Gasteiger partial charge in [-0.3, -0.25) is 4.98 Å². The Morgan fingerprint density at radius 2 is 1.36 bits per heavy atom. The summed E-state index contributed by atoms with van der Waals surface area (Å²) in [6.07, 6.45) is 9.00. The van der Waals surface area contributed by atoms with Gasteiger partial charge in [-0.2, -0.15) is 0 Å². The minimum atomic E-state index is 0.208. The lowest BCUT2D eigenvalue weighted by Crippen LogP contribution is -2.28. The summed E-state index contributed by atoms with van der Waals surface area (Å²) in [6.45, 7) is 0.